The Morgan fingerprint density at radius 2 is 1.66 bits per heavy atom. The molecule has 1 fully saturated rings. The summed E-state index contributed by atoms with van der Waals surface area (Å²) >= 11 is 0. The molecule has 35 heavy (non-hydrogen) atoms. The molecular formula is C27H25FN2O5. The number of benzene rings is 3. The third-order valence-electron chi connectivity index (χ3n) is 5.79. The Hall–Kier alpha value is -4.20. The molecule has 0 saturated carbocycles. The molecule has 0 spiro atoms. The van der Waals surface area contributed by atoms with Crippen molar-refractivity contribution in [2.75, 3.05) is 23.4 Å². The normalized spacial score (nSPS) is 15.1. The number of hydrogen-bond donors (Lipinski definition) is 1. The van der Waals surface area contributed by atoms with E-state index in [1.165, 1.54) is 34.7 Å². The minimum Gasteiger partial charge on any atom is -0.457 e. The van der Waals surface area contributed by atoms with E-state index in [0.717, 1.165) is 11.3 Å². The van der Waals surface area contributed by atoms with Crippen LogP contribution in [0.5, 0.6) is 11.5 Å². The molecule has 1 heterocycles. The minimum atomic E-state index is -0.674. The first-order valence-corrected chi connectivity index (χ1v) is 11.2. The largest absolute Gasteiger partial charge is 0.457 e. The molecule has 7 nitrogen and oxygen atoms in total. The molecule has 3 aromatic carbocycles. The number of amides is 2. The predicted molar refractivity (Wildman–Crippen MR) is 129 cm³/mol. The van der Waals surface area contributed by atoms with Gasteiger partial charge >= 0.3 is 5.97 Å². The highest BCUT2D eigenvalue weighted by Crippen LogP contribution is 2.29. The van der Waals surface area contributed by atoms with Gasteiger partial charge in [0, 0.05) is 24.3 Å². The summed E-state index contributed by atoms with van der Waals surface area (Å²) in [4.78, 5) is 38.5. The molecule has 1 aliphatic heterocycles. The molecule has 2 amide bonds. The summed E-state index contributed by atoms with van der Waals surface area (Å²) in [5, 5.41) is 2.51. The van der Waals surface area contributed by atoms with Crippen LogP contribution in [-0.2, 0) is 19.1 Å². The van der Waals surface area contributed by atoms with E-state index in [2.05, 4.69) is 5.32 Å². The van der Waals surface area contributed by atoms with E-state index in [1.54, 1.807) is 24.3 Å². The van der Waals surface area contributed by atoms with Gasteiger partial charge in [0.2, 0.25) is 5.91 Å². The first kappa shape index (κ1) is 23.9. The van der Waals surface area contributed by atoms with E-state index in [0.29, 0.717) is 17.1 Å². The van der Waals surface area contributed by atoms with Crippen molar-refractivity contribution in [3.8, 4) is 11.5 Å². The molecule has 3 aromatic rings. The maximum Gasteiger partial charge on any atom is 0.311 e. The lowest BCUT2D eigenvalue weighted by Crippen LogP contribution is -2.28. The lowest BCUT2D eigenvalue weighted by Gasteiger charge is -2.17. The Labute approximate surface area is 202 Å². The van der Waals surface area contributed by atoms with Crippen LogP contribution in [-0.4, -0.2) is 30.9 Å². The number of carbonyl (C=O) groups is 3. The van der Waals surface area contributed by atoms with Gasteiger partial charge in [0.15, 0.2) is 6.61 Å². The first-order valence-electron chi connectivity index (χ1n) is 11.2. The molecule has 8 heteroatoms. The second kappa shape index (κ2) is 10.4. The highest BCUT2D eigenvalue weighted by molar-refractivity contribution is 6.00. The smallest absolute Gasteiger partial charge is 0.311 e. The number of nitrogens with zero attached hydrogens (tertiary/aromatic N) is 1. The van der Waals surface area contributed by atoms with Gasteiger partial charge in [-0.1, -0.05) is 6.07 Å². The maximum absolute atomic E-state index is 13.0. The van der Waals surface area contributed by atoms with E-state index in [9.17, 15) is 18.8 Å². The summed E-state index contributed by atoms with van der Waals surface area (Å²) in [6.45, 7) is 3.72. The number of aryl methyl sites for hydroxylation is 2. The van der Waals surface area contributed by atoms with Gasteiger partial charge < -0.3 is 19.7 Å². The number of hydrogen-bond acceptors (Lipinski definition) is 5. The summed E-state index contributed by atoms with van der Waals surface area (Å²) in [6.07, 6.45) is -0.000685. The topological polar surface area (TPSA) is 84.9 Å². The van der Waals surface area contributed by atoms with Crippen LogP contribution in [0.1, 0.15) is 17.5 Å². The van der Waals surface area contributed by atoms with Gasteiger partial charge in [0.1, 0.15) is 17.3 Å². The third-order valence-corrected chi connectivity index (χ3v) is 5.79. The van der Waals surface area contributed by atoms with Crippen molar-refractivity contribution in [3.63, 3.8) is 0 Å². The van der Waals surface area contributed by atoms with Gasteiger partial charge in [-0.3, -0.25) is 14.4 Å². The van der Waals surface area contributed by atoms with Gasteiger partial charge in [0.25, 0.3) is 5.91 Å². The average Bonchev–Trinajstić information content (AvgIpc) is 3.23. The van der Waals surface area contributed by atoms with E-state index in [1.807, 2.05) is 32.0 Å². The van der Waals surface area contributed by atoms with Gasteiger partial charge in [-0.25, -0.2) is 4.39 Å². The molecule has 1 aliphatic rings. The number of carbonyl (C=O) groups excluding carboxylic acids is 3. The van der Waals surface area contributed by atoms with Crippen molar-refractivity contribution in [2.24, 2.45) is 5.92 Å². The summed E-state index contributed by atoms with van der Waals surface area (Å²) in [5.74, 6) is -1.11. The third kappa shape index (κ3) is 6.03. The molecule has 0 unspecified atom stereocenters. The Kier molecular flexibility index (Phi) is 7.10. The van der Waals surface area contributed by atoms with Crippen molar-refractivity contribution in [3.05, 3.63) is 83.7 Å². The zero-order chi connectivity index (χ0) is 24.9. The number of esters is 1. The van der Waals surface area contributed by atoms with E-state index < -0.39 is 30.2 Å². The molecule has 1 atom stereocenters. The molecule has 0 aliphatic carbocycles. The number of halogens is 1. The van der Waals surface area contributed by atoms with E-state index in [4.69, 9.17) is 9.47 Å². The first-order chi connectivity index (χ1) is 16.8. The number of nitrogens with one attached hydrogen (secondary N) is 1. The SMILES string of the molecule is Cc1ccc(Oc2ccc(N3C[C@@H](C(=O)OCC(=O)Nc4ccc(F)cc4)CC3=O)cc2)cc1C. The number of rotatable bonds is 7. The Morgan fingerprint density at radius 3 is 2.34 bits per heavy atom. The van der Waals surface area contributed by atoms with Crippen molar-refractivity contribution in [2.45, 2.75) is 20.3 Å². The van der Waals surface area contributed by atoms with Crippen LogP contribution in [0.15, 0.2) is 66.7 Å². The second-order valence-corrected chi connectivity index (χ2v) is 8.41. The van der Waals surface area contributed by atoms with Crippen LogP contribution in [0.3, 0.4) is 0 Å². The van der Waals surface area contributed by atoms with Gasteiger partial charge in [0.05, 0.1) is 5.92 Å². The molecule has 180 valence electrons. The van der Waals surface area contributed by atoms with Crippen molar-refractivity contribution < 1.29 is 28.2 Å². The van der Waals surface area contributed by atoms with Gasteiger partial charge in [-0.15, -0.1) is 0 Å². The van der Waals surface area contributed by atoms with Crippen molar-refractivity contribution >= 4 is 29.2 Å². The van der Waals surface area contributed by atoms with Crippen LogP contribution in [0.4, 0.5) is 15.8 Å². The van der Waals surface area contributed by atoms with Crippen LogP contribution >= 0.6 is 0 Å². The predicted octanol–water partition coefficient (Wildman–Crippen LogP) is 4.77. The molecule has 1 saturated heterocycles. The zero-order valence-electron chi connectivity index (χ0n) is 19.4. The summed E-state index contributed by atoms with van der Waals surface area (Å²) < 4.78 is 23.9. The molecule has 0 aromatic heterocycles. The lowest BCUT2D eigenvalue weighted by atomic mass is 10.1. The quantitative estimate of drug-likeness (QED) is 0.497. The van der Waals surface area contributed by atoms with Gasteiger partial charge in [-0.05, 0) is 85.6 Å². The maximum atomic E-state index is 13.0. The Morgan fingerprint density at radius 1 is 0.971 bits per heavy atom. The highest BCUT2D eigenvalue weighted by Gasteiger charge is 2.36. The fourth-order valence-corrected chi connectivity index (χ4v) is 3.71. The lowest BCUT2D eigenvalue weighted by molar-refractivity contribution is -0.151. The molecule has 4 rings (SSSR count). The molecule has 1 N–H and O–H groups in total. The molecular weight excluding hydrogens is 451 g/mol. The van der Waals surface area contributed by atoms with Crippen molar-refractivity contribution in [1.29, 1.82) is 0 Å². The summed E-state index contributed by atoms with van der Waals surface area (Å²) in [7, 11) is 0. The standard InChI is InChI=1S/C27H25FN2O5/c1-17-3-10-24(13-18(17)2)35-23-11-8-22(9-12-23)30-15-19(14-26(30)32)27(33)34-16-25(31)29-21-6-4-20(28)5-7-21/h3-13,19H,14-16H2,1-2H3,(H,29,31)/t19-/m0/s1. The van der Waals surface area contributed by atoms with Crippen LogP contribution in [0, 0.1) is 25.6 Å². The number of ether oxygens (including phenoxy) is 2. The monoisotopic (exact) mass is 476 g/mol. The van der Waals surface area contributed by atoms with Gasteiger partial charge in [-0.2, -0.15) is 0 Å². The molecule has 0 bridgehead atoms. The zero-order valence-corrected chi connectivity index (χ0v) is 19.4. The van der Waals surface area contributed by atoms with E-state index in [-0.39, 0.29) is 18.9 Å². The Bertz CT molecular complexity index is 1240. The fourth-order valence-electron chi connectivity index (χ4n) is 3.71. The van der Waals surface area contributed by atoms with Crippen LogP contribution in [0.25, 0.3) is 0 Å². The van der Waals surface area contributed by atoms with Crippen molar-refractivity contribution in [1.82, 2.24) is 0 Å². The van der Waals surface area contributed by atoms with E-state index >= 15 is 0 Å². The fraction of sp³-hybridized carbons (Fsp3) is 0.222. The Balaban J connectivity index is 1.29. The van der Waals surface area contributed by atoms with Crippen LogP contribution < -0.4 is 15.0 Å². The second-order valence-electron chi connectivity index (χ2n) is 8.41. The number of anilines is 2. The molecule has 0 radical (unpaired) electrons. The minimum absolute atomic E-state index is 0.000685. The highest BCUT2D eigenvalue weighted by atomic mass is 19.1. The summed E-state index contributed by atoms with van der Waals surface area (Å²) in [6, 6.07) is 18.1. The summed E-state index contributed by atoms with van der Waals surface area (Å²) in [5.41, 5.74) is 3.35. The van der Waals surface area contributed by atoms with Crippen LogP contribution in [0.2, 0.25) is 0 Å². The average molecular weight is 477 g/mol.